The molecule has 19 heavy (non-hydrogen) atoms. The number of aromatic nitrogens is 2. The monoisotopic (exact) mass is 259 g/mol. The summed E-state index contributed by atoms with van der Waals surface area (Å²) in [6, 6.07) is 7.10. The van der Waals surface area contributed by atoms with Crippen LogP contribution in [0.1, 0.15) is 30.2 Å². The molecular weight excluding hydrogens is 242 g/mol. The minimum Gasteiger partial charge on any atom is -0.397 e. The maximum absolute atomic E-state index is 11.4. The Hall–Kier alpha value is -2.50. The van der Waals surface area contributed by atoms with Crippen LogP contribution in [0.2, 0.25) is 0 Å². The van der Waals surface area contributed by atoms with E-state index < -0.39 is 5.91 Å². The van der Waals surface area contributed by atoms with Crippen molar-refractivity contribution in [3.05, 3.63) is 36.0 Å². The van der Waals surface area contributed by atoms with E-state index >= 15 is 0 Å². The van der Waals surface area contributed by atoms with E-state index in [1.54, 1.807) is 18.2 Å². The molecule has 1 amide bonds. The molecule has 6 heteroatoms. The number of carbonyl (C=O) groups excluding carboxylic acids is 1. The van der Waals surface area contributed by atoms with Crippen molar-refractivity contribution in [1.82, 2.24) is 9.78 Å². The molecule has 0 saturated heterocycles. The first-order chi connectivity index (χ1) is 8.99. The van der Waals surface area contributed by atoms with E-state index in [1.165, 1.54) is 0 Å². The van der Waals surface area contributed by atoms with Crippen LogP contribution in [0.15, 0.2) is 30.5 Å². The molecule has 2 aromatic rings. The third-order valence-corrected chi connectivity index (χ3v) is 2.75. The molecule has 0 bridgehead atoms. The van der Waals surface area contributed by atoms with Crippen molar-refractivity contribution in [3.63, 3.8) is 0 Å². The molecule has 0 radical (unpaired) electrons. The van der Waals surface area contributed by atoms with Gasteiger partial charge in [-0.05, 0) is 26.0 Å². The number of nitrogens with zero attached hydrogens (tertiary/aromatic N) is 2. The Labute approximate surface area is 111 Å². The van der Waals surface area contributed by atoms with Crippen molar-refractivity contribution in [2.45, 2.75) is 19.9 Å². The van der Waals surface area contributed by atoms with E-state index in [1.807, 2.05) is 30.8 Å². The van der Waals surface area contributed by atoms with Gasteiger partial charge in [0.1, 0.15) is 0 Å². The maximum atomic E-state index is 11.4. The highest BCUT2D eigenvalue weighted by Gasteiger charge is 2.12. The molecular formula is C13H17N5O. The van der Waals surface area contributed by atoms with Gasteiger partial charge in [-0.25, -0.2) is 0 Å². The molecule has 0 atom stereocenters. The first-order valence-electron chi connectivity index (χ1n) is 5.99. The molecule has 0 unspecified atom stereocenters. The Morgan fingerprint density at radius 3 is 2.68 bits per heavy atom. The number of hydrogen-bond acceptors (Lipinski definition) is 4. The number of hydrogen-bond donors (Lipinski definition) is 3. The summed E-state index contributed by atoms with van der Waals surface area (Å²) in [7, 11) is 0. The Morgan fingerprint density at radius 2 is 2.11 bits per heavy atom. The lowest BCUT2D eigenvalue weighted by atomic mass is 10.1. The normalized spacial score (nSPS) is 10.7. The Kier molecular flexibility index (Phi) is 3.41. The van der Waals surface area contributed by atoms with Crippen LogP contribution >= 0.6 is 0 Å². The zero-order valence-corrected chi connectivity index (χ0v) is 10.9. The summed E-state index contributed by atoms with van der Waals surface area (Å²) in [5.74, 6) is 0.0900. The summed E-state index contributed by atoms with van der Waals surface area (Å²) in [6.07, 6.45) is 1.86. The number of carbonyl (C=O) groups is 1. The smallest absolute Gasteiger partial charge is 0.250 e. The third kappa shape index (κ3) is 2.67. The lowest BCUT2D eigenvalue weighted by Gasteiger charge is -2.11. The Bertz CT molecular complexity index is 603. The zero-order valence-electron chi connectivity index (χ0n) is 10.9. The largest absolute Gasteiger partial charge is 0.397 e. The predicted octanol–water partition coefficient (Wildman–Crippen LogP) is 1.89. The maximum Gasteiger partial charge on any atom is 0.250 e. The molecule has 1 heterocycles. The van der Waals surface area contributed by atoms with Crippen molar-refractivity contribution in [2.75, 3.05) is 11.1 Å². The zero-order chi connectivity index (χ0) is 14.0. The summed E-state index contributed by atoms with van der Waals surface area (Å²) < 4.78 is 1.81. The average molecular weight is 259 g/mol. The second-order valence-electron chi connectivity index (χ2n) is 4.53. The number of amides is 1. The summed E-state index contributed by atoms with van der Waals surface area (Å²) in [5.41, 5.74) is 12.5. The number of nitrogens with two attached hydrogens (primary N) is 2. The number of benzene rings is 1. The molecule has 0 saturated carbocycles. The quantitative estimate of drug-likeness (QED) is 0.730. The SMILES string of the molecule is CC(C)n1ccc(Nc2c(N)cccc2C(N)=O)n1. The van der Waals surface area contributed by atoms with Crippen molar-refractivity contribution in [2.24, 2.45) is 5.73 Å². The fourth-order valence-electron chi connectivity index (χ4n) is 1.74. The molecule has 0 aliphatic carbocycles. The van der Waals surface area contributed by atoms with Crippen LogP contribution in [0.25, 0.3) is 0 Å². The van der Waals surface area contributed by atoms with Crippen molar-refractivity contribution < 1.29 is 4.79 Å². The molecule has 5 N–H and O–H groups in total. The molecule has 0 aliphatic heterocycles. The van der Waals surface area contributed by atoms with Crippen molar-refractivity contribution in [1.29, 1.82) is 0 Å². The fraction of sp³-hybridized carbons (Fsp3) is 0.231. The van der Waals surface area contributed by atoms with Gasteiger partial charge >= 0.3 is 0 Å². The lowest BCUT2D eigenvalue weighted by Crippen LogP contribution is -2.14. The standard InChI is InChI=1S/C13H17N5O/c1-8(2)18-7-6-11(17-18)16-12-9(13(15)19)4-3-5-10(12)14/h3-8H,14H2,1-2H3,(H2,15,19)(H,16,17). The summed E-state index contributed by atoms with van der Waals surface area (Å²) in [4.78, 5) is 11.4. The highest BCUT2D eigenvalue weighted by atomic mass is 16.1. The van der Waals surface area contributed by atoms with Gasteiger partial charge in [-0.1, -0.05) is 6.07 Å². The first-order valence-corrected chi connectivity index (χ1v) is 5.99. The third-order valence-electron chi connectivity index (χ3n) is 2.75. The average Bonchev–Trinajstić information content (AvgIpc) is 2.80. The fourth-order valence-corrected chi connectivity index (χ4v) is 1.74. The van der Waals surface area contributed by atoms with Gasteiger partial charge in [0.25, 0.3) is 5.91 Å². The van der Waals surface area contributed by atoms with E-state index in [0.29, 0.717) is 22.8 Å². The second-order valence-corrected chi connectivity index (χ2v) is 4.53. The number of nitrogen functional groups attached to an aromatic ring is 1. The van der Waals surface area contributed by atoms with E-state index in [0.717, 1.165) is 0 Å². The molecule has 100 valence electrons. The number of primary amides is 1. The van der Waals surface area contributed by atoms with Crippen LogP contribution in [0.3, 0.4) is 0 Å². The van der Waals surface area contributed by atoms with E-state index in [2.05, 4.69) is 10.4 Å². The van der Waals surface area contributed by atoms with Gasteiger partial charge in [0, 0.05) is 18.3 Å². The number of anilines is 3. The van der Waals surface area contributed by atoms with Crippen LogP contribution in [0, 0.1) is 0 Å². The highest BCUT2D eigenvalue weighted by Crippen LogP contribution is 2.26. The minimum absolute atomic E-state index is 0.263. The van der Waals surface area contributed by atoms with Crippen molar-refractivity contribution in [3.8, 4) is 0 Å². The first kappa shape index (κ1) is 12.9. The molecule has 1 aromatic carbocycles. The van der Waals surface area contributed by atoms with Crippen LogP contribution in [0.5, 0.6) is 0 Å². The van der Waals surface area contributed by atoms with Crippen LogP contribution < -0.4 is 16.8 Å². The number of nitrogens with one attached hydrogen (secondary N) is 1. The summed E-state index contributed by atoms with van der Waals surface area (Å²) in [6.45, 7) is 4.06. The lowest BCUT2D eigenvalue weighted by molar-refractivity contribution is 0.100. The van der Waals surface area contributed by atoms with Crippen LogP contribution in [0.4, 0.5) is 17.2 Å². The van der Waals surface area contributed by atoms with Crippen LogP contribution in [-0.2, 0) is 0 Å². The molecule has 2 rings (SSSR count). The Morgan fingerprint density at radius 1 is 1.37 bits per heavy atom. The van der Waals surface area contributed by atoms with Gasteiger partial charge < -0.3 is 16.8 Å². The highest BCUT2D eigenvalue weighted by molar-refractivity contribution is 6.02. The van der Waals surface area contributed by atoms with Gasteiger partial charge in [-0.2, -0.15) is 5.10 Å². The minimum atomic E-state index is -0.530. The molecule has 0 spiro atoms. The summed E-state index contributed by atoms with van der Waals surface area (Å²) >= 11 is 0. The van der Waals surface area contributed by atoms with E-state index in [-0.39, 0.29) is 6.04 Å². The molecule has 0 aliphatic rings. The van der Waals surface area contributed by atoms with Crippen LogP contribution in [-0.4, -0.2) is 15.7 Å². The van der Waals surface area contributed by atoms with Gasteiger partial charge in [0.15, 0.2) is 5.82 Å². The number of para-hydroxylation sites is 1. The van der Waals surface area contributed by atoms with Gasteiger partial charge in [-0.15, -0.1) is 0 Å². The van der Waals surface area contributed by atoms with Crippen molar-refractivity contribution >= 4 is 23.1 Å². The Balaban J connectivity index is 2.34. The van der Waals surface area contributed by atoms with Gasteiger partial charge in [-0.3, -0.25) is 9.48 Å². The summed E-state index contributed by atoms with van der Waals surface area (Å²) in [5, 5.41) is 7.38. The van der Waals surface area contributed by atoms with Gasteiger partial charge in [0.2, 0.25) is 0 Å². The van der Waals surface area contributed by atoms with Gasteiger partial charge in [0.05, 0.1) is 16.9 Å². The predicted molar refractivity (Wildman–Crippen MR) is 75.3 cm³/mol. The van der Waals surface area contributed by atoms with E-state index in [4.69, 9.17) is 11.5 Å². The topological polar surface area (TPSA) is 99.0 Å². The second kappa shape index (κ2) is 5.01. The van der Waals surface area contributed by atoms with E-state index in [9.17, 15) is 4.79 Å². The molecule has 6 nitrogen and oxygen atoms in total. The molecule has 0 fully saturated rings. The number of rotatable bonds is 4. The molecule has 1 aromatic heterocycles.